The van der Waals surface area contributed by atoms with Crippen molar-refractivity contribution in [3.05, 3.63) is 18.1 Å². The second-order valence-corrected chi connectivity index (χ2v) is 4.06. The smallest absolute Gasteiger partial charge is 0.132 e. The Kier molecular flexibility index (Phi) is 2.37. The van der Waals surface area contributed by atoms with E-state index in [1.165, 1.54) is 0 Å². The summed E-state index contributed by atoms with van der Waals surface area (Å²) in [4.78, 5) is 10.6. The summed E-state index contributed by atoms with van der Waals surface area (Å²) in [6.45, 7) is 6.05. The van der Waals surface area contributed by atoms with Gasteiger partial charge in [-0.15, -0.1) is 0 Å². The molecule has 4 heteroatoms. The van der Waals surface area contributed by atoms with E-state index in [4.69, 9.17) is 5.73 Å². The van der Waals surface area contributed by atoms with E-state index in [1.807, 2.05) is 13.0 Å². The molecule has 1 aromatic rings. The minimum absolute atomic E-state index is 0.269. The van der Waals surface area contributed by atoms with Crippen LogP contribution >= 0.6 is 0 Å². The maximum absolute atomic E-state index is 5.96. The highest BCUT2D eigenvalue weighted by atomic mass is 15.2. The van der Waals surface area contributed by atoms with Gasteiger partial charge in [-0.3, -0.25) is 0 Å². The largest absolute Gasteiger partial charge is 0.355 e. The van der Waals surface area contributed by atoms with Gasteiger partial charge < -0.3 is 10.6 Å². The van der Waals surface area contributed by atoms with Crippen LogP contribution in [-0.4, -0.2) is 29.1 Å². The molecule has 0 spiro atoms. The average molecular weight is 192 g/mol. The van der Waals surface area contributed by atoms with Crippen molar-refractivity contribution in [1.29, 1.82) is 0 Å². The van der Waals surface area contributed by atoms with E-state index in [-0.39, 0.29) is 6.04 Å². The van der Waals surface area contributed by atoms with Gasteiger partial charge in [-0.05, 0) is 12.8 Å². The Bertz CT molecular complexity index is 316. The zero-order chi connectivity index (χ0) is 10.1. The van der Waals surface area contributed by atoms with Crippen molar-refractivity contribution in [3.8, 4) is 0 Å². The molecule has 0 aromatic carbocycles. The molecule has 76 valence electrons. The third kappa shape index (κ3) is 1.70. The highest BCUT2D eigenvalue weighted by Crippen LogP contribution is 2.20. The van der Waals surface area contributed by atoms with Crippen molar-refractivity contribution in [2.75, 3.05) is 18.0 Å². The summed E-state index contributed by atoms with van der Waals surface area (Å²) in [5.74, 6) is 1.54. The lowest BCUT2D eigenvalue weighted by molar-refractivity contribution is 0.566. The Balaban J connectivity index is 2.17. The standard InChI is InChI=1S/C10H16N4/c1-7-4-14(5-9(7)11)10-3-8(2)12-6-13-10/h3,6-7,9H,4-5,11H2,1-2H3. The van der Waals surface area contributed by atoms with Gasteiger partial charge in [-0.1, -0.05) is 6.92 Å². The van der Waals surface area contributed by atoms with Gasteiger partial charge in [-0.25, -0.2) is 9.97 Å². The first kappa shape index (κ1) is 9.40. The summed E-state index contributed by atoms with van der Waals surface area (Å²) >= 11 is 0. The van der Waals surface area contributed by atoms with E-state index in [0.29, 0.717) is 5.92 Å². The van der Waals surface area contributed by atoms with Gasteiger partial charge in [0.15, 0.2) is 0 Å². The molecule has 1 aliphatic rings. The number of aryl methyl sites for hydroxylation is 1. The zero-order valence-electron chi connectivity index (χ0n) is 8.64. The van der Waals surface area contributed by atoms with Crippen LogP contribution in [0.5, 0.6) is 0 Å². The molecule has 14 heavy (non-hydrogen) atoms. The predicted octanol–water partition coefficient (Wildman–Crippen LogP) is 0.568. The lowest BCUT2D eigenvalue weighted by Crippen LogP contribution is -2.28. The van der Waals surface area contributed by atoms with E-state index < -0.39 is 0 Å². The summed E-state index contributed by atoms with van der Waals surface area (Å²) in [5.41, 5.74) is 6.96. The first-order valence-electron chi connectivity index (χ1n) is 4.96. The van der Waals surface area contributed by atoms with Crippen molar-refractivity contribution in [2.24, 2.45) is 11.7 Å². The predicted molar refractivity (Wildman–Crippen MR) is 56.1 cm³/mol. The molecule has 1 aromatic heterocycles. The Labute approximate surface area is 84.2 Å². The molecule has 0 bridgehead atoms. The Hall–Kier alpha value is -1.16. The molecular weight excluding hydrogens is 176 g/mol. The molecule has 0 amide bonds. The fourth-order valence-corrected chi connectivity index (χ4v) is 1.79. The highest BCUT2D eigenvalue weighted by molar-refractivity contribution is 5.40. The lowest BCUT2D eigenvalue weighted by Gasteiger charge is -2.16. The summed E-state index contributed by atoms with van der Waals surface area (Å²) < 4.78 is 0. The Morgan fingerprint density at radius 2 is 2.21 bits per heavy atom. The van der Waals surface area contributed by atoms with Gasteiger partial charge in [0.05, 0.1) is 0 Å². The fraction of sp³-hybridized carbons (Fsp3) is 0.600. The molecule has 1 fully saturated rings. The van der Waals surface area contributed by atoms with Gasteiger partial charge in [0.1, 0.15) is 12.1 Å². The third-order valence-corrected chi connectivity index (χ3v) is 2.78. The Morgan fingerprint density at radius 1 is 1.43 bits per heavy atom. The fourth-order valence-electron chi connectivity index (χ4n) is 1.79. The first-order chi connectivity index (χ1) is 6.66. The van der Waals surface area contributed by atoms with Crippen LogP contribution in [0.15, 0.2) is 12.4 Å². The quantitative estimate of drug-likeness (QED) is 0.706. The molecule has 0 saturated carbocycles. The second kappa shape index (κ2) is 3.53. The molecule has 4 nitrogen and oxygen atoms in total. The van der Waals surface area contributed by atoms with Crippen LogP contribution in [0.4, 0.5) is 5.82 Å². The van der Waals surface area contributed by atoms with Crippen molar-refractivity contribution >= 4 is 5.82 Å². The third-order valence-electron chi connectivity index (χ3n) is 2.78. The molecule has 1 saturated heterocycles. The minimum atomic E-state index is 0.269. The molecule has 0 radical (unpaired) electrons. The SMILES string of the molecule is Cc1cc(N2CC(C)C(N)C2)ncn1. The van der Waals surface area contributed by atoms with Crippen LogP contribution in [0.3, 0.4) is 0 Å². The maximum Gasteiger partial charge on any atom is 0.132 e. The normalized spacial score (nSPS) is 26.9. The summed E-state index contributed by atoms with van der Waals surface area (Å²) in [6, 6.07) is 2.27. The van der Waals surface area contributed by atoms with Crippen LogP contribution in [0.1, 0.15) is 12.6 Å². The van der Waals surface area contributed by atoms with E-state index in [9.17, 15) is 0 Å². The molecule has 2 rings (SSSR count). The number of aromatic nitrogens is 2. The maximum atomic E-state index is 5.96. The summed E-state index contributed by atoms with van der Waals surface area (Å²) in [7, 11) is 0. The van der Waals surface area contributed by atoms with Gasteiger partial charge in [0.2, 0.25) is 0 Å². The Morgan fingerprint density at radius 3 is 2.79 bits per heavy atom. The van der Waals surface area contributed by atoms with E-state index in [1.54, 1.807) is 6.33 Å². The van der Waals surface area contributed by atoms with E-state index in [0.717, 1.165) is 24.6 Å². The molecule has 2 unspecified atom stereocenters. The number of rotatable bonds is 1. The topological polar surface area (TPSA) is 55.0 Å². The number of hydrogen-bond donors (Lipinski definition) is 1. The van der Waals surface area contributed by atoms with Crippen LogP contribution < -0.4 is 10.6 Å². The van der Waals surface area contributed by atoms with Crippen LogP contribution in [0.2, 0.25) is 0 Å². The van der Waals surface area contributed by atoms with Crippen molar-refractivity contribution < 1.29 is 0 Å². The molecule has 0 aliphatic carbocycles. The highest BCUT2D eigenvalue weighted by Gasteiger charge is 2.27. The number of nitrogens with zero attached hydrogens (tertiary/aromatic N) is 3. The molecule has 1 aliphatic heterocycles. The van der Waals surface area contributed by atoms with Gasteiger partial charge in [0, 0.05) is 30.9 Å². The first-order valence-corrected chi connectivity index (χ1v) is 4.96. The lowest BCUT2D eigenvalue weighted by atomic mass is 10.1. The number of hydrogen-bond acceptors (Lipinski definition) is 4. The minimum Gasteiger partial charge on any atom is -0.355 e. The van der Waals surface area contributed by atoms with Gasteiger partial charge in [0.25, 0.3) is 0 Å². The molecule has 2 atom stereocenters. The summed E-state index contributed by atoms with van der Waals surface area (Å²) in [5, 5.41) is 0. The second-order valence-electron chi connectivity index (χ2n) is 4.06. The average Bonchev–Trinajstić information content (AvgIpc) is 2.47. The van der Waals surface area contributed by atoms with Crippen molar-refractivity contribution in [1.82, 2.24) is 9.97 Å². The van der Waals surface area contributed by atoms with Gasteiger partial charge in [-0.2, -0.15) is 0 Å². The molecule has 2 N–H and O–H groups in total. The van der Waals surface area contributed by atoms with Crippen molar-refractivity contribution in [2.45, 2.75) is 19.9 Å². The number of anilines is 1. The zero-order valence-corrected chi connectivity index (χ0v) is 8.64. The van der Waals surface area contributed by atoms with E-state index >= 15 is 0 Å². The van der Waals surface area contributed by atoms with Crippen LogP contribution in [0, 0.1) is 12.8 Å². The molecular formula is C10H16N4. The van der Waals surface area contributed by atoms with Gasteiger partial charge >= 0.3 is 0 Å². The van der Waals surface area contributed by atoms with Crippen LogP contribution in [-0.2, 0) is 0 Å². The van der Waals surface area contributed by atoms with E-state index in [2.05, 4.69) is 21.8 Å². The summed E-state index contributed by atoms with van der Waals surface area (Å²) in [6.07, 6.45) is 1.61. The number of nitrogens with two attached hydrogens (primary N) is 1. The van der Waals surface area contributed by atoms with Crippen molar-refractivity contribution in [3.63, 3.8) is 0 Å². The molecule has 2 heterocycles. The van der Waals surface area contributed by atoms with Crippen LogP contribution in [0.25, 0.3) is 0 Å². The monoisotopic (exact) mass is 192 g/mol.